The molecule has 2 amide bonds. The van der Waals surface area contributed by atoms with Gasteiger partial charge in [0, 0.05) is 10.6 Å². The molecule has 0 saturated heterocycles. The minimum Gasteiger partial charge on any atom is -0.324 e. The van der Waals surface area contributed by atoms with Crippen molar-refractivity contribution in [3.05, 3.63) is 63.6 Å². The van der Waals surface area contributed by atoms with E-state index in [0.717, 1.165) is 5.56 Å². The third-order valence-electron chi connectivity index (χ3n) is 3.44. The average Bonchev–Trinajstić information content (AvgIpc) is 3.10. The van der Waals surface area contributed by atoms with E-state index < -0.39 is 0 Å². The predicted molar refractivity (Wildman–Crippen MR) is 115 cm³/mol. The number of amides is 2. The number of carbonyl (C=O) groups excluding carboxylic acids is 2. The SMILES string of the molecule is Cc1cccc(C(=O)Nc2nnc(SCC(=O)Nc3ccc(Cl)cc3Cl)s2)c1. The molecule has 0 aliphatic carbocycles. The molecule has 10 heteroatoms. The van der Waals surface area contributed by atoms with E-state index in [9.17, 15) is 9.59 Å². The van der Waals surface area contributed by atoms with Crippen LogP contribution in [-0.2, 0) is 4.79 Å². The Hall–Kier alpha value is -2.13. The van der Waals surface area contributed by atoms with Gasteiger partial charge in [-0.05, 0) is 37.3 Å². The number of hydrogen-bond donors (Lipinski definition) is 2. The second kappa shape index (κ2) is 9.38. The highest BCUT2D eigenvalue weighted by molar-refractivity contribution is 8.01. The lowest BCUT2D eigenvalue weighted by molar-refractivity contribution is -0.113. The number of aromatic nitrogens is 2. The first-order chi connectivity index (χ1) is 13.4. The van der Waals surface area contributed by atoms with Crippen LogP contribution in [0.5, 0.6) is 0 Å². The van der Waals surface area contributed by atoms with E-state index in [1.54, 1.807) is 30.3 Å². The Morgan fingerprint density at radius 1 is 1.11 bits per heavy atom. The van der Waals surface area contributed by atoms with E-state index in [0.29, 0.717) is 30.8 Å². The number of anilines is 2. The van der Waals surface area contributed by atoms with Crippen molar-refractivity contribution in [2.75, 3.05) is 16.4 Å². The van der Waals surface area contributed by atoms with E-state index in [-0.39, 0.29) is 17.6 Å². The van der Waals surface area contributed by atoms with Gasteiger partial charge in [-0.2, -0.15) is 0 Å². The minimum atomic E-state index is -0.258. The lowest BCUT2D eigenvalue weighted by Crippen LogP contribution is -2.14. The fourth-order valence-electron chi connectivity index (χ4n) is 2.18. The van der Waals surface area contributed by atoms with Gasteiger partial charge in [-0.25, -0.2) is 0 Å². The Morgan fingerprint density at radius 3 is 2.68 bits per heavy atom. The molecule has 0 spiro atoms. The third kappa shape index (κ3) is 5.68. The van der Waals surface area contributed by atoms with Crippen LogP contribution in [0.25, 0.3) is 0 Å². The summed E-state index contributed by atoms with van der Waals surface area (Å²) in [7, 11) is 0. The zero-order valence-corrected chi connectivity index (χ0v) is 17.7. The van der Waals surface area contributed by atoms with Gasteiger partial charge in [0.15, 0.2) is 4.34 Å². The predicted octanol–water partition coefficient (Wildman–Crippen LogP) is 5.14. The number of halogens is 2. The summed E-state index contributed by atoms with van der Waals surface area (Å²) in [6.45, 7) is 1.92. The molecule has 0 radical (unpaired) electrons. The van der Waals surface area contributed by atoms with Crippen LogP contribution in [0.15, 0.2) is 46.8 Å². The van der Waals surface area contributed by atoms with E-state index in [4.69, 9.17) is 23.2 Å². The van der Waals surface area contributed by atoms with Gasteiger partial charge in [0.25, 0.3) is 5.91 Å². The molecule has 0 bridgehead atoms. The molecule has 2 N–H and O–H groups in total. The van der Waals surface area contributed by atoms with Gasteiger partial charge in [-0.15, -0.1) is 10.2 Å². The third-order valence-corrected chi connectivity index (χ3v) is 5.96. The molecule has 0 atom stereocenters. The van der Waals surface area contributed by atoms with Gasteiger partial charge >= 0.3 is 0 Å². The molecular weight excluding hydrogens is 439 g/mol. The van der Waals surface area contributed by atoms with E-state index >= 15 is 0 Å². The molecule has 2 aromatic carbocycles. The van der Waals surface area contributed by atoms with Gasteiger partial charge < -0.3 is 5.32 Å². The number of thioether (sulfide) groups is 1. The highest BCUT2D eigenvalue weighted by Crippen LogP contribution is 2.28. The van der Waals surface area contributed by atoms with Crippen LogP contribution in [0.2, 0.25) is 10.0 Å². The summed E-state index contributed by atoms with van der Waals surface area (Å²) in [6.07, 6.45) is 0. The van der Waals surface area contributed by atoms with Crippen LogP contribution in [0.3, 0.4) is 0 Å². The molecule has 0 aliphatic heterocycles. The maximum Gasteiger partial charge on any atom is 0.257 e. The number of benzene rings is 2. The van der Waals surface area contributed by atoms with Gasteiger partial charge in [0.05, 0.1) is 16.5 Å². The van der Waals surface area contributed by atoms with Gasteiger partial charge in [0.1, 0.15) is 0 Å². The molecule has 1 heterocycles. The smallest absolute Gasteiger partial charge is 0.257 e. The van der Waals surface area contributed by atoms with E-state index in [1.807, 2.05) is 19.1 Å². The average molecular weight is 453 g/mol. The summed E-state index contributed by atoms with van der Waals surface area (Å²) < 4.78 is 0.567. The van der Waals surface area contributed by atoms with Crippen molar-refractivity contribution in [3.8, 4) is 0 Å². The van der Waals surface area contributed by atoms with Crippen LogP contribution >= 0.6 is 46.3 Å². The van der Waals surface area contributed by atoms with Crippen molar-refractivity contribution in [1.82, 2.24) is 10.2 Å². The number of carbonyl (C=O) groups is 2. The Labute approximate surface area is 179 Å². The Balaban J connectivity index is 1.53. The molecule has 3 rings (SSSR count). The van der Waals surface area contributed by atoms with Gasteiger partial charge in [0.2, 0.25) is 11.0 Å². The lowest BCUT2D eigenvalue weighted by atomic mass is 10.1. The molecule has 3 aromatic rings. The van der Waals surface area contributed by atoms with Crippen molar-refractivity contribution in [2.45, 2.75) is 11.3 Å². The zero-order chi connectivity index (χ0) is 20.1. The summed E-state index contributed by atoms with van der Waals surface area (Å²) in [5, 5.41) is 14.6. The minimum absolute atomic E-state index is 0.124. The first-order valence-electron chi connectivity index (χ1n) is 8.00. The van der Waals surface area contributed by atoms with Crippen LogP contribution in [0, 0.1) is 6.92 Å². The fraction of sp³-hybridized carbons (Fsp3) is 0.111. The molecule has 28 heavy (non-hydrogen) atoms. The summed E-state index contributed by atoms with van der Waals surface area (Å²) in [5.41, 5.74) is 2.02. The van der Waals surface area contributed by atoms with Crippen molar-refractivity contribution in [2.24, 2.45) is 0 Å². The van der Waals surface area contributed by atoms with E-state index in [1.165, 1.54) is 23.1 Å². The lowest BCUT2D eigenvalue weighted by Gasteiger charge is -2.06. The Kier molecular flexibility index (Phi) is 6.90. The maximum absolute atomic E-state index is 12.2. The first-order valence-corrected chi connectivity index (χ1v) is 10.6. The summed E-state index contributed by atoms with van der Waals surface area (Å²) in [6, 6.07) is 12.1. The van der Waals surface area contributed by atoms with Crippen molar-refractivity contribution in [1.29, 1.82) is 0 Å². The number of nitrogens with one attached hydrogen (secondary N) is 2. The van der Waals surface area contributed by atoms with Crippen LogP contribution in [-0.4, -0.2) is 27.8 Å². The normalized spacial score (nSPS) is 10.5. The Bertz CT molecular complexity index is 1030. The number of hydrogen-bond acceptors (Lipinski definition) is 6. The Morgan fingerprint density at radius 2 is 1.93 bits per heavy atom. The number of rotatable bonds is 6. The van der Waals surface area contributed by atoms with Crippen LogP contribution in [0.4, 0.5) is 10.8 Å². The number of nitrogens with zero attached hydrogens (tertiary/aromatic N) is 2. The molecule has 0 aliphatic rings. The molecule has 0 fully saturated rings. The van der Waals surface area contributed by atoms with Crippen molar-refractivity contribution in [3.63, 3.8) is 0 Å². The monoisotopic (exact) mass is 452 g/mol. The van der Waals surface area contributed by atoms with Crippen LogP contribution in [0.1, 0.15) is 15.9 Å². The highest BCUT2D eigenvalue weighted by Gasteiger charge is 2.13. The zero-order valence-electron chi connectivity index (χ0n) is 14.5. The van der Waals surface area contributed by atoms with E-state index in [2.05, 4.69) is 20.8 Å². The molecular formula is C18H14Cl2N4O2S2. The fourth-order valence-corrected chi connectivity index (χ4v) is 4.18. The standard InChI is InChI=1S/C18H14Cl2N4O2S2/c1-10-3-2-4-11(7-10)16(26)22-17-23-24-18(28-17)27-9-15(25)21-14-6-5-12(19)8-13(14)20/h2-8H,9H2,1H3,(H,21,25)(H,22,23,26). The van der Waals surface area contributed by atoms with Crippen LogP contribution < -0.4 is 10.6 Å². The summed E-state index contributed by atoms with van der Waals surface area (Å²) in [5.74, 6) is -0.374. The van der Waals surface area contributed by atoms with Crippen molar-refractivity contribution >= 4 is 68.9 Å². The number of aryl methyl sites for hydroxylation is 1. The quantitative estimate of drug-likeness (QED) is 0.399. The molecule has 6 nitrogen and oxygen atoms in total. The van der Waals surface area contributed by atoms with Gasteiger partial charge in [-0.1, -0.05) is 64.0 Å². The second-order valence-electron chi connectivity index (χ2n) is 5.66. The first kappa shape index (κ1) is 20.6. The topological polar surface area (TPSA) is 84.0 Å². The second-order valence-corrected chi connectivity index (χ2v) is 8.70. The largest absolute Gasteiger partial charge is 0.324 e. The molecule has 144 valence electrons. The van der Waals surface area contributed by atoms with Gasteiger partial charge in [-0.3, -0.25) is 14.9 Å². The summed E-state index contributed by atoms with van der Waals surface area (Å²) >= 11 is 14.3. The highest BCUT2D eigenvalue weighted by atomic mass is 35.5. The molecule has 0 unspecified atom stereocenters. The van der Waals surface area contributed by atoms with Crippen molar-refractivity contribution < 1.29 is 9.59 Å². The molecule has 0 saturated carbocycles. The molecule has 1 aromatic heterocycles. The maximum atomic E-state index is 12.2. The summed E-state index contributed by atoms with van der Waals surface area (Å²) in [4.78, 5) is 24.3.